The van der Waals surface area contributed by atoms with Crippen LogP contribution in [0.15, 0.2) is 47.5 Å². The Morgan fingerprint density at radius 1 is 1.22 bits per heavy atom. The average Bonchev–Trinajstić information content (AvgIpc) is 3.15. The summed E-state index contributed by atoms with van der Waals surface area (Å²) < 4.78 is 7.15. The van der Waals surface area contributed by atoms with Crippen LogP contribution in [0, 0.1) is 6.92 Å². The second-order valence-corrected chi connectivity index (χ2v) is 6.58. The van der Waals surface area contributed by atoms with Gasteiger partial charge in [0.1, 0.15) is 12.6 Å². The summed E-state index contributed by atoms with van der Waals surface area (Å²) in [5.41, 5.74) is 1.23. The first-order valence-electron chi connectivity index (χ1n) is 8.79. The van der Waals surface area contributed by atoms with Gasteiger partial charge in [-0.2, -0.15) is 5.10 Å². The minimum Gasteiger partial charge on any atom is -0.471 e. The zero-order valence-electron chi connectivity index (χ0n) is 14.9. The van der Waals surface area contributed by atoms with Crippen molar-refractivity contribution in [3.8, 4) is 5.88 Å². The number of nitrogens with zero attached hydrogens (tertiary/aromatic N) is 5. The van der Waals surface area contributed by atoms with Crippen molar-refractivity contribution >= 4 is 16.8 Å². The summed E-state index contributed by atoms with van der Waals surface area (Å²) >= 11 is 0. The number of amides is 1. The molecule has 1 fully saturated rings. The Kier molecular flexibility index (Phi) is 4.53. The zero-order chi connectivity index (χ0) is 18.8. The molecule has 0 unspecified atom stereocenters. The maximum Gasteiger partial charge on any atom is 0.261 e. The molecule has 1 atom stereocenters. The molecule has 138 valence electrons. The molecular formula is C19H19N5O3. The van der Waals surface area contributed by atoms with Gasteiger partial charge in [0.05, 0.1) is 29.5 Å². The predicted molar refractivity (Wildman–Crippen MR) is 98.4 cm³/mol. The van der Waals surface area contributed by atoms with E-state index in [0.717, 1.165) is 5.69 Å². The molecule has 4 rings (SSSR count). The lowest BCUT2D eigenvalue weighted by Crippen LogP contribution is -2.36. The minimum absolute atomic E-state index is 0.0340. The van der Waals surface area contributed by atoms with Gasteiger partial charge in [-0.1, -0.05) is 12.1 Å². The number of fused-ring (bicyclic) bond motifs is 1. The van der Waals surface area contributed by atoms with Crippen LogP contribution >= 0.6 is 0 Å². The molecule has 1 saturated heterocycles. The summed E-state index contributed by atoms with van der Waals surface area (Å²) in [7, 11) is 0. The Morgan fingerprint density at radius 3 is 2.89 bits per heavy atom. The number of hydrogen-bond acceptors (Lipinski definition) is 6. The summed E-state index contributed by atoms with van der Waals surface area (Å²) in [6.07, 6.45) is 2.01. The van der Waals surface area contributed by atoms with E-state index in [1.165, 1.54) is 10.9 Å². The molecule has 0 radical (unpaired) electrons. The van der Waals surface area contributed by atoms with Gasteiger partial charge in [0.15, 0.2) is 0 Å². The van der Waals surface area contributed by atoms with Crippen LogP contribution < -0.4 is 10.3 Å². The fraction of sp³-hybridized carbons (Fsp3) is 0.316. The third-order valence-corrected chi connectivity index (χ3v) is 4.60. The summed E-state index contributed by atoms with van der Waals surface area (Å²) in [5, 5.41) is 8.46. The van der Waals surface area contributed by atoms with Gasteiger partial charge in [-0.3, -0.25) is 14.2 Å². The quantitative estimate of drug-likeness (QED) is 0.689. The van der Waals surface area contributed by atoms with Gasteiger partial charge in [0.2, 0.25) is 11.8 Å². The van der Waals surface area contributed by atoms with E-state index >= 15 is 0 Å². The van der Waals surface area contributed by atoms with Crippen molar-refractivity contribution in [2.75, 3.05) is 13.1 Å². The van der Waals surface area contributed by atoms with Crippen LogP contribution in [0.5, 0.6) is 5.88 Å². The van der Waals surface area contributed by atoms with Crippen LogP contribution in [-0.2, 0) is 11.3 Å². The molecule has 0 aliphatic carbocycles. The van der Waals surface area contributed by atoms with E-state index in [1.807, 2.05) is 19.1 Å². The van der Waals surface area contributed by atoms with Crippen molar-refractivity contribution < 1.29 is 9.53 Å². The molecule has 0 bridgehead atoms. The summed E-state index contributed by atoms with van der Waals surface area (Å²) in [4.78, 5) is 31.1. The van der Waals surface area contributed by atoms with Gasteiger partial charge >= 0.3 is 0 Å². The first-order chi connectivity index (χ1) is 13.1. The average molecular weight is 365 g/mol. The lowest BCUT2D eigenvalue weighted by atomic mass is 10.2. The van der Waals surface area contributed by atoms with Crippen LogP contribution in [0.4, 0.5) is 0 Å². The molecule has 1 amide bonds. The lowest BCUT2D eigenvalue weighted by molar-refractivity contribution is -0.131. The number of carbonyl (C=O) groups is 1. The largest absolute Gasteiger partial charge is 0.471 e. The first-order valence-corrected chi connectivity index (χ1v) is 8.79. The smallest absolute Gasteiger partial charge is 0.261 e. The van der Waals surface area contributed by atoms with Crippen LogP contribution in [0.25, 0.3) is 10.9 Å². The Hall–Kier alpha value is -3.29. The molecule has 0 N–H and O–H groups in total. The van der Waals surface area contributed by atoms with Crippen LogP contribution in [-0.4, -0.2) is 49.7 Å². The highest BCUT2D eigenvalue weighted by atomic mass is 16.5. The molecule has 2 aromatic heterocycles. The number of aryl methyl sites for hydroxylation is 1. The Morgan fingerprint density at radius 2 is 2.07 bits per heavy atom. The third-order valence-electron chi connectivity index (χ3n) is 4.60. The van der Waals surface area contributed by atoms with Crippen molar-refractivity contribution in [1.82, 2.24) is 24.6 Å². The molecule has 3 aromatic rings. The number of hydrogen-bond donors (Lipinski definition) is 0. The number of ether oxygens (including phenoxy) is 1. The van der Waals surface area contributed by atoms with Crippen molar-refractivity contribution in [2.45, 2.75) is 26.0 Å². The van der Waals surface area contributed by atoms with Gasteiger partial charge in [0, 0.05) is 19.0 Å². The molecule has 1 aliphatic rings. The highest BCUT2D eigenvalue weighted by Gasteiger charge is 2.28. The van der Waals surface area contributed by atoms with Crippen LogP contribution in [0.1, 0.15) is 12.1 Å². The van der Waals surface area contributed by atoms with E-state index in [0.29, 0.717) is 36.3 Å². The number of aromatic nitrogens is 4. The van der Waals surface area contributed by atoms with E-state index in [-0.39, 0.29) is 24.1 Å². The highest BCUT2D eigenvalue weighted by Crippen LogP contribution is 2.16. The van der Waals surface area contributed by atoms with E-state index in [2.05, 4.69) is 15.2 Å². The fourth-order valence-electron chi connectivity index (χ4n) is 3.14. The van der Waals surface area contributed by atoms with Crippen molar-refractivity contribution in [3.63, 3.8) is 0 Å². The van der Waals surface area contributed by atoms with E-state index in [4.69, 9.17) is 4.74 Å². The molecule has 27 heavy (non-hydrogen) atoms. The standard InChI is InChI=1S/C19H19N5O3/c1-13-6-7-17(22-21-13)27-14-8-9-23(10-14)18(25)11-24-12-20-16-5-3-2-4-15(16)19(24)26/h2-7,12,14H,8-11H2,1H3/t14-/m1/s1. The maximum absolute atomic E-state index is 12.6. The van der Waals surface area contributed by atoms with Crippen LogP contribution in [0.2, 0.25) is 0 Å². The van der Waals surface area contributed by atoms with E-state index < -0.39 is 0 Å². The summed E-state index contributed by atoms with van der Waals surface area (Å²) in [6, 6.07) is 10.7. The second-order valence-electron chi connectivity index (χ2n) is 6.58. The Labute approximate surface area is 155 Å². The number of benzene rings is 1. The third kappa shape index (κ3) is 3.64. The number of para-hydroxylation sites is 1. The van der Waals surface area contributed by atoms with Gasteiger partial charge < -0.3 is 9.64 Å². The van der Waals surface area contributed by atoms with E-state index in [9.17, 15) is 9.59 Å². The zero-order valence-corrected chi connectivity index (χ0v) is 14.9. The number of carbonyl (C=O) groups excluding carboxylic acids is 1. The number of rotatable bonds is 4. The van der Waals surface area contributed by atoms with Crippen LogP contribution in [0.3, 0.4) is 0 Å². The Balaban J connectivity index is 1.41. The SMILES string of the molecule is Cc1ccc(O[C@@H]2CCN(C(=O)Cn3cnc4ccccc4c3=O)C2)nn1. The minimum atomic E-state index is -0.212. The van der Waals surface area contributed by atoms with Gasteiger partial charge in [-0.25, -0.2) is 4.98 Å². The topological polar surface area (TPSA) is 90.2 Å². The molecular weight excluding hydrogens is 346 g/mol. The van der Waals surface area contributed by atoms with Crippen molar-refractivity contribution in [3.05, 3.63) is 58.8 Å². The maximum atomic E-state index is 12.6. The molecule has 0 spiro atoms. The van der Waals surface area contributed by atoms with Gasteiger partial charge in [0.25, 0.3) is 5.56 Å². The molecule has 3 heterocycles. The molecule has 1 aromatic carbocycles. The molecule has 8 heteroatoms. The fourth-order valence-corrected chi connectivity index (χ4v) is 3.14. The number of likely N-dealkylation sites (tertiary alicyclic amines) is 1. The van der Waals surface area contributed by atoms with Gasteiger partial charge in [-0.15, -0.1) is 5.10 Å². The molecule has 8 nitrogen and oxygen atoms in total. The Bertz CT molecular complexity index is 1030. The van der Waals surface area contributed by atoms with Gasteiger partial charge in [-0.05, 0) is 25.1 Å². The normalized spacial score (nSPS) is 16.6. The molecule has 1 aliphatic heterocycles. The van der Waals surface area contributed by atoms with Crippen molar-refractivity contribution in [2.24, 2.45) is 0 Å². The first kappa shape index (κ1) is 17.1. The van der Waals surface area contributed by atoms with Crippen molar-refractivity contribution in [1.29, 1.82) is 0 Å². The van der Waals surface area contributed by atoms with E-state index in [1.54, 1.807) is 29.2 Å². The second kappa shape index (κ2) is 7.14. The highest BCUT2D eigenvalue weighted by molar-refractivity contribution is 5.79. The summed E-state index contributed by atoms with van der Waals surface area (Å²) in [5.74, 6) is 0.324. The summed E-state index contributed by atoms with van der Waals surface area (Å²) in [6.45, 7) is 2.87. The monoisotopic (exact) mass is 365 g/mol. The molecule has 0 saturated carbocycles. The lowest BCUT2D eigenvalue weighted by Gasteiger charge is -2.17. The predicted octanol–water partition coefficient (Wildman–Crippen LogP) is 1.17.